The van der Waals surface area contributed by atoms with Gasteiger partial charge in [0, 0.05) is 0 Å². The number of carbonyl (C=O) groups excluding carboxylic acids is 1. The third-order valence-electron chi connectivity index (χ3n) is 4.11. The van der Waals surface area contributed by atoms with Crippen LogP contribution in [-0.4, -0.2) is 21.9 Å². The van der Waals surface area contributed by atoms with Crippen molar-refractivity contribution in [1.82, 2.24) is 0 Å². The molecule has 0 amide bonds. The van der Waals surface area contributed by atoms with Crippen molar-refractivity contribution in [3.63, 3.8) is 0 Å². The molecule has 0 spiro atoms. The number of hydrogen-bond acceptors (Lipinski definition) is 2. The molecular weight excluding hydrogens is 314 g/mol. The molecule has 1 aliphatic rings. The van der Waals surface area contributed by atoms with Crippen LogP contribution in [0.25, 0.3) is 5.53 Å². The van der Waals surface area contributed by atoms with Crippen molar-refractivity contribution in [2.75, 3.05) is 0 Å². The summed E-state index contributed by atoms with van der Waals surface area (Å²) in [6.07, 6.45) is 0. The van der Waals surface area contributed by atoms with E-state index in [0.717, 1.165) is 0 Å². The van der Waals surface area contributed by atoms with Gasteiger partial charge in [-0.1, -0.05) is 24.3 Å². The Morgan fingerprint density at radius 2 is 1.33 bits per heavy atom. The number of ketones is 1. The minimum atomic E-state index is -1.63. The van der Waals surface area contributed by atoms with E-state index in [9.17, 15) is 19.1 Å². The zero-order valence-electron chi connectivity index (χ0n) is 13.1. The summed E-state index contributed by atoms with van der Waals surface area (Å²) in [6, 6.07) is 10.5. The predicted octanol–water partition coefficient (Wildman–Crippen LogP) is 3.26. The minimum absolute atomic E-state index is 0.156. The maximum Gasteiger partial charge on any atom is 0.369 e. The van der Waals surface area contributed by atoms with Crippen molar-refractivity contribution in [3.8, 4) is 0 Å². The van der Waals surface area contributed by atoms with E-state index >= 15 is 0 Å². The zero-order valence-corrected chi connectivity index (χ0v) is 13.1. The maximum absolute atomic E-state index is 13.3. The van der Waals surface area contributed by atoms with Gasteiger partial charge in [0.25, 0.3) is 5.78 Å². The Morgan fingerprint density at radius 1 is 0.917 bits per heavy atom. The summed E-state index contributed by atoms with van der Waals surface area (Å²) in [4.78, 5) is 16.1. The topological polar surface area (TPSA) is 62.7 Å². The van der Waals surface area contributed by atoms with Gasteiger partial charge in [0.1, 0.15) is 11.6 Å². The molecular formula is C18H14F2N2O2. The third-order valence-corrected chi connectivity index (χ3v) is 4.11. The second kappa shape index (κ2) is 5.44. The highest BCUT2D eigenvalue weighted by molar-refractivity contribution is 6.45. The number of benzene rings is 2. The van der Waals surface area contributed by atoms with E-state index in [-0.39, 0.29) is 5.71 Å². The number of Topliss-reactive ketones (excluding diaryl/α,β-unsaturated/α-hetero) is 1. The van der Waals surface area contributed by atoms with Crippen LogP contribution in [0.1, 0.15) is 25.0 Å². The van der Waals surface area contributed by atoms with Gasteiger partial charge in [0.2, 0.25) is 0 Å². The molecule has 1 fully saturated rings. The molecule has 0 aromatic heterocycles. The highest BCUT2D eigenvalue weighted by Crippen LogP contribution is 2.44. The minimum Gasteiger partial charge on any atom is -0.361 e. The molecule has 2 aromatic rings. The molecule has 3 rings (SSSR count). The zero-order chi connectivity index (χ0) is 17.5. The van der Waals surface area contributed by atoms with Gasteiger partial charge < -0.3 is 10.3 Å². The van der Waals surface area contributed by atoms with Crippen LogP contribution in [0.5, 0.6) is 0 Å². The number of rotatable bonds is 2. The maximum atomic E-state index is 13.3. The molecule has 4 nitrogen and oxygen atoms in total. The Morgan fingerprint density at radius 3 is 1.67 bits per heavy atom. The summed E-state index contributed by atoms with van der Waals surface area (Å²) in [5.41, 5.74) is 7.03. The van der Waals surface area contributed by atoms with E-state index in [0.29, 0.717) is 11.1 Å². The van der Waals surface area contributed by atoms with Crippen LogP contribution >= 0.6 is 0 Å². The molecule has 0 N–H and O–H groups in total. The van der Waals surface area contributed by atoms with Crippen LogP contribution in [0, 0.1) is 11.6 Å². The summed E-state index contributed by atoms with van der Waals surface area (Å²) < 4.78 is 32.6. The summed E-state index contributed by atoms with van der Waals surface area (Å²) in [5, 5.41) is 0. The van der Waals surface area contributed by atoms with Crippen molar-refractivity contribution < 1.29 is 23.1 Å². The lowest BCUT2D eigenvalue weighted by Crippen LogP contribution is -2.36. The van der Waals surface area contributed by atoms with Crippen LogP contribution in [0.3, 0.4) is 0 Å². The van der Waals surface area contributed by atoms with E-state index < -0.39 is 28.6 Å². The fourth-order valence-electron chi connectivity index (χ4n) is 3.00. The Balaban J connectivity index is 2.30. The lowest BCUT2D eigenvalue weighted by Gasteiger charge is -2.29. The molecule has 2 aromatic carbocycles. The van der Waals surface area contributed by atoms with Gasteiger partial charge in [0.05, 0.1) is 0 Å². The first-order valence-electron chi connectivity index (χ1n) is 7.31. The molecule has 1 saturated heterocycles. The average molecular weight is 328 g/mol. The van der Waals surface area contributed by atoms with E-state index in [1.54, 1.807) is 13.8 Å². The quantitative estimate of drug-likeness (QED) is 0.627. The van der Waals surface area contributed by atoms with E-state index in [1.807, 2.05) is 0 Å². The molecule has 0 radical (unpaired) electrons. The predicted molar refractivity (Wildman–Crippen MR) is 82.4 cm³/mol. The number of nitrogens with zero attached hydrogens (tertiary/aromatic N) is 2. The smallest absolute Gasteiger partial charge is 0.361 e. The first-order valence-corrected chi connectivity index (χ1v) is 7.31. The second-order valence-corrected chi connectivity index (χ2v) is 6.09. The fourth-order valence-corrected chi connectivity index (χ4v) is 3.00. The van der Waals surface area contributed by atoms with Crippen LogP contribution in [0.4, 0.5) is 8.78 Å². The van der Waals surface area contributed by atoms with Gasteiger partial charge in [-0.05, 0) is 49.2 Å². The molecule has 0 bridgehead atoms. The molecule has 0 atom stereocenters. The molecule has 122 valence electrons. The van der Waals surface area contributed by atoms with Crippen LogP contribution in [0.2, 0.25) is 0 Å². The highest BCUT2D eigenvalue weighted by atomic mass is 19.1. The highest BCUT2D eigenvalue weighted by Gasteiger charge is 2.63. The molecule has 6 heteroatoms. The normalized spacial score (nSPS) is 18.5. The average Bonchev–Trinajstić information content (AvgIpc) is 2.75. The van der Waals surface area contributed by atoms with E-state index in [2.05, 4.69) is 4.79 Å². The Kier molecular flexibility index (Phi) is 3.67. The van der Waals surface area contributed by atoms with Crippen molar-refractivity contribution in [2.24, 2.45) is 0 Å². The first kappa shape index (κ1) is 16.2. The molecule has 0 unspecified atom stereocenters. The Bertz CT molecular complexity index is 806. The van der Waals surface area contributed by atoms with Crippen molar-refractivity contribution in [2.45, 2.75) is 25.0 Å². The van der Waals surface area contributed by atoms with E-state index in [1.165, 1.54) is 48.5 Å². The largest absolute Gasteiger partial charge is 0.369 e. The molecule has 24 heavy (non-hydrogen) atoms. The van der Waals surface area contributed by atoms with Crippen LogP contribution in [0.15, 0.2) is 48.5 Å². The van der Waals surface area contributed by atoms with Crippen molar-refractivity contribution >= 4 is 11.5 Å². The van der Waals surface area contributed by atoms with Gasteiger partial charge in [-0.15, -0.1) is 0 Å². The van der Waals surface area contributed by atoms with Gasteiger partial charge in [-0.2, -0.15) is 4.79 Å². The molecule has 0 saturated carbocycles. The Hall–Kier alpha value is -2.69. The number of halogens is 2. The van der Waals surface area contributed by atoms with Gasteiger partial charge in [-0.25, -0.2) is 8.78 Å². The lowest BCUT2D eigenvalue weighted by molar-refractivity contribution is -0.132. The van der Waals surface area contributed by atoms with Crippen LogP contribution in [-0.2, 0) is 15.1 Å². The van der Waals surface area contributed by atoms with Gasteiger partial charge in [0.15, 0.2) is 11.2 Å². The monoisotopic (exact) mass is 328 g/mol. The van der Waals surface area contributed by atoms with Gasteiger partial charge in [-0.3, -0.25) is 4.79 Å². The SMILES string of the molecule is CC1(C)OC(c2ccc(F)cc2)(c2ccc(F)cc2)C(=O)C1=[N+]=[N-]. The third kappa shape index (κ3) is 2.28. The van der Waals surface area contributed by atoms with Crippen molar-refractivity contribution in [3.05, 3.63) is 76.8 Å². The molecule has 1 aliphatic heterocycles. The number of hydrogen-bond donors (Lipinski definition) is 0. The summed E-state index contributed by atoms with van der Waals surface area (Å²) >= 11 is 0. The lowest BCUT2D eigenvalue weighted by atomic mass is 9.82. The van der Waals surface area contributed by atoms with Gasteiger partial charge >= 0.3 is 5.71 Å². The second-order valence-electron chi connectivity index (χ2n) is 6.09. The number of carbonyl (C=O) groups is 1. The van der Waals surface area contributed by atoms with Crippen molar-refractivity contribution in [1.29, 1.82) is 0 Å². The molecule has 1 heterocycles. The Labute approximate surface area is 137 Å². The summed E-state index contributed by atoms with van der Waals surface area (Å²) in [5.74, 6) is -1.50. The fraction of sp³-hybridized carbons (Fsp3) is 0.222. The van der Waals surface area contributed by atoms with Crippen LogP contribution < -0.4 is 0 Å². The summed E-state index contributed by atoms with van der Waals surface area (Å²) in [7, 11) is 0. The standard InChI is InChI=1S/C18H14F2N2O2/c1-17(2)15(22-21)16(23)18(24-17,11-3-7-13(19)8-4-11)12-5-9-14(20)10-6-12/h3-10H,1-2H3. The first-order chi connectivity index (χ1) is 11.3. The molecule has 0 aliphatic carbocycles. The number of ether oxygens (including phenoxy) is 1. The summed E-state index contributed by atoms with van der Waals surface area (Å²) in [6.45, 7) is 3.18. The van der Waals surface area contributed by atoms with E-state index in [4.69, 9.17) is 4.74 Å².